The molecule has 0 aliphatic carbocycles. The van der Waals surface area contributed by atoms with E-state index < -0.39 is 12.6 Å². The van der Waals surface area contributed by atoms with E-state index >= 15 is 0 Å². The normalized spacial score (nSPS) is 11.2. The topological polar surface area (TPSA) is 22.1 Å². The van der Waals surface area contributed by atoms with Crippen molar-refractivity contribution in [1.29, 1.82) is 0 Å². The zero-order chi connectivity index (χ0) is 15.6. The van der Waals surface area contributed by atoms with Crippen LogP contribution in [0.5, 0.6) is 5.75 Å². The van der Waals surface area contributed by atoms with E-state index in [4.69, 9.17) is 0 Å². The van der Waals surface area contributed by atoms with Gasteiger partial charge in [-0.15, -0.1) is 0 Å². The lowest BCUT2D eigenvalue weighted by molar-refractivity contribution is -0.0498. The van der Waals surface area contributed by atoms with Crippen molar-refractivity contribution in [3.8, 4) is 16.9 Å². The van der Waals surface area contributed by atoms with E-state index in [1.54, 1.807) is 12.1 Å². The first kappa shape index (κ1) is 15.8. The summed E-state index contributed by atoms with van der Waals surface area (Å²) in [4.78, 5) is 3.49. The summed E-state index contributed by atoms with van der Waals surface area (Å²) in [5.41, 5.74) is 1.93. The molecule has 2 nitrogen and oxygen atoms in total. The Hall–Kier alpha value is -1.56. The van der Waals surface area contributed by atoms with Crippen LogP contribution in [-0.4, -0.2) is 11.6 Å². The van der Waals surface area contributed by atoms with Crippen LogP contribution < -0.4 is 4.74 Å². The first-order chi connectivity index (χ1) is 9.88. The van der Waals surface area contributed by atoms with E-state index in [2.05, 4.69) is 25.7 Å². The highest BCUT2D eigenvalue weighted by atomic mass is 79.9. The molecule has 0 aliphatic heterocycles. The highest BCUT2D eigenvalue weighted by Crippen LogP contribution is 2.38. The van der Waals surface area contributed by atoms with Crippen LogP contribution in [-0.2, 0) is 0 Å². The molecule has 0 radical (unpaired) electrons. The van der Waals surface area contributed by atoms with Gasteiger partial charge in [0.25, 0.3) is 0 Å². The molecule has 1 aromatic heterocycles. The fourth-order valence-corrected chi connectivity index (χ4v) is 2.91. The highest BCUT2D eigenvalue weighted by Gasteiger charge is 2.16. The third-order valence-corrected chi connectivity index (χ3v) is 3.84. The van der Waals surface area contributed by atoms with E-state index in [-0.39, 0.29) is 11.7 Å². The van der Waals surface area contributed by atoms with Crippen LogP contribution in [0.4, 0.5) is 13.2 Å². The van der Waals surface area contributed by atoms with Gasteiger partial charge in [-0.05, 0) is 51.2 Å². The molecule has 21 heavy (non-hydrogen) atoms. The summed E-state index contributed by atoms with van der Waals surface area (Å²) < 4.78 is 43.4. The molecule has 1 heterocycles. The van der Waals surface area contributed by atoms with Crippen molar-refractivity contribution < 1.29 is 17.9 Å². The Morgan fingerprint density at radius 2 is 1.90 bits per heavy atom. The predicted octanol–water partition coefficient (Wildman–Crippen LogP) is 5.38. The zero-order valence-corrected chi connectivity index (χ0v) is 13.0. The Balaban J connectivity index is 2.60. The predicted molar refractivity (Wildman–Crippen MR) is 78.1 cm³/mol. The molecule has 2 aromatic rings. The van der Waals surface area contributed by atoms with Gasteiger partial charge in [-0.1, -0.05) is 13.8 Å². The first-order valence-electron chi connectivity index (χ1n) is 6.28. The van der Waals surface area contributed by atoms with Gasteiger partial charge in [0, 0.05) is 22.3 Å². The van der Waals surface area contributed by atoms with E-state index in [0.29, 0.717) is 11.1 Å². The number of aromatic nitrogens is 1. The van der Waals surface area contributed by atoms with E-state index in [1.807, 2.05) is 13.8 Å². The zero-order valence-electron chi connectivity index (χ0n) is 11.4. The van der Waals surface area contributed by atoms with Gasteiger partial charge in [-0.3, -0.25) is 0 Å². The first-order valence-corrected chi connectivity index (χ1v) is 7.08. The van der Waals surface area contributed by atoms with Gasteiger partial charge in [0.2, 0.25) is 5.95 Å². The number of rotatable bonds is 4. The average Bonchev–Trinajstić information content (AvgIpc) is 2.39. The van der Waals surface area contributed by atoms with Crippen molar-refractivity contribution in [3.63, 3.8) is 0 Å². The third-order valence-electron chi connectivity index (χ3n) is 2.96. The minimum atomic E-state index is -2.91. The molecule has 0 saturated heterocycles. The van der Waals surface area contributed by atoms with Crippen LogP contribution in [0.3, 0.4) is 0 Å². The Kier molecular flexibility index (Phi) is 4.88. The standard InChI is InChI=1S/C15H13BrF3NO/c1-8(2)11-6-10(21-15(18)19)7-12(14(11)16)9-3-4-20-13(17)5-9/h3-8,15H,1-2H3. The van der Waals surface area contributed by atoms with Crippen LogP contribution in [0.25, 0.3) is 11.1 Å². The molecule has 0 N–H and O–H groups in total. The monoisotopic (exact) mass is 359 g/mol. The van der Waals surface area contributed by atoms with Crippen molar-refractivity contribution in [2.45, 2.75) is 26.4 Å². The second-order valence-corrected chi connectivity index (χ2v) is 5.57. The summed E-state index contributed by atoms with van der Waals surface area (Å²) in [5, 5.41) is 0. The maximum atomic E-state index is 13.3. The molecule has 6 heteroatoms. The van der Waals surface area contributed by atoms with Gasteiger partial charge in [0.05, 0.1) is 0 Å². The Labute approximate surface area is 129 Å². The van der Waals surface area contributed by atoms with Crippen molar-refractivity contribution in [2.75, 3.05) is 0 Å². The number of hydrogen-bond donors (Lipinski definition) is 0. The molecule has 0 bridgehead atoms. The number of hydrogen-bond acceptors (Lipinski definition) is 2. The molecular weight excluding hydrogens is 347 g/mol. The van der Waals surface area contributed by atoms with Crippen LogP contribution in [0, 0.1) is 5.95 Å². The molecule has 0 aliphatic rings. The molecule has 0 amide bonds. The summed E-state index contributed by atoms with van der Waals surface area (Å²) in [6.07, 6.45) is 1.33. The Bertz CT molecular complexity index is 647. The minimum Gasteiger partial charge on any atom is -0.435 e. The number of ether oxygens (including phenoxy) is 1. The van der Waals surface area contributed by atoms with Gasteiger partial charge < -0.3 is 4.74 Å². The number of alkyl halides is 2. The maximum absolute atomic E-state index is 13.3. The molecule has 0 unspecified atom stereocenters. The number of nitrogens with zero attached hydrogens (tertiary/aromatic N) is 1. The van der Waals surface area contributed by atoms with Gasteiger partial charge in [-0.2, -0.15) is 13.2 Å². The molecule has 0 atom stereocenters. The summed E-state index contributed by atoms with van der Waals surface area (Å²) >= 11 is 3.46. The second-order valence-electron chi connectivity index (χ2n) is 4.77. The van der Waals surface area contributed by atoms with Crippen LogP contribution in [0.1, 0.15) is 25.3 Å². The van der Waals surface area contributed by atoms with Gasteiger partial charge in [0.1, 0.15) is 5.75 Å². The molecule has 0 saturated carbocycles. The summed E-state index contributed by atoms with van der Waals surface area (Å²) in [7, 11) is 0. The van der Waals surface area contributed by atoms with Crippen LogP contribution in [0.2, 0.25) is 0 Å². The van der Waals surface area contributed by atoms with E-state index in [1.165, 1.54) is 18.3 Å². The lowest BCUT2D eigenvalue weighted by Gasteiger charge is -2.16. The number of pyridine rings is 1. The molecule has 112 valence electrons. The number of benzene rings is 1. The second kappa shape index (κ2) is 6.47. The third kappa shape index (κ3) is 3.75. The fraction of sp³-hybridized carbons (Fsp3) is 0.267. The van der Waals surface area contributed by atoms with Crippen LogP contribution >= 0.6 is 15.9 Å². The molecule has 1 aromatic carbocycles. The lowest BCUT2D eigenvalue weighted by atomic mass is 9.97. The largest absolute Gasteiger partial charge is 0.435 e. The SMILES string of the molecule is CC(C)c1cc(OC(F)F)cc(-c2ccnc(F)c2)c1Br. The van der Waals surface area contributed by atoms with Crippen molar-refractivity contribution >= 4 is 15.9 Å². The van der Waals surface area contributed by atoms with Crippen molar-refractivity contribution in [2.24, 2.45) is 0 Å². The van der Waals surface area contributed by atoms with E-state index in [0.717, 1.165) is 10.0 Å². The minimum absolute atomic E-state index is 0.0455. The average molecular weight is 360 g/mol. The smallest absolute Gasteiger partial charge is 0.387 e. The maximum Gasteiger partial charge on any atom is 0.387 e. The van der Waals surface area contributed by atoms with Gasteiger partial charge in [-0.25, -0.2) is 4.98 Å². The molecule has 2 rings (SSSR count). The van der Waals surface area contributed by atoms with Crippen molar-refractivity contribution in [3.05, 3.63) is 46.4 Å². The number of halogens is 4. The summed E-state index contributed by atoms with van der Waals surface area (Å²) in [5.74, 6) is -0.499. The fourth-order valence-electron chi connectivity index (χ4n) is 1.99. The van der Waals surface area contributed by atoms with Crippen LogP contribution in [0.15, 0.2) is 34.9 Å². The molecular formula is C15H13BrF3NO. The Morgan fingerprint density at radius 1 is 1.19 bits per heavy atom. The van der Waals surface area contributed by atoms with Gasteiger partial charge >= 0.3 is 6.61 Å². The highest BCUT2D eigenvalue weighted by molar-refractivity contribution is 9.10. The van der Waals surface area contributed by atoms with Gasteiger partial charge in [0.15, 0.2) is 0 Å². The van der Waals surface area contributed by atoms with E-state index in [9.17, 15) is 13.2 Å². The van der Waals surface area contributed by atoms with Crippen molar-refractivity contribution in [1.82, 2.24) is 4.98 Å². The molecule has 0 spiro atoms. The molecule has 0 fully saturated rings. The summed E-state index contributed by atoms with van der Waals surface area (Å²) in [6, 6.07) is 5.87. The quantitative estimate of drug-likeness (QED) is 0.684. The lowest BCUT2D eigenvalue weighted by Crippen LogP contribution is -2.03. The summed E-state index contributed by atoms with van der Waals surface area (Å²) in [6.45, 7) is 0.958. The Morgan fingerprint density at radius 3 is 2.48 bits per heavy atom.